The molecule has 1 aliphatic heterocycles. The number of carbonyl (C=O) groups is 1. The van der Waals surface area contributed by atoms with Gasteiger partial charge in [-0.2, -0.15) is 0 Å². The Labute approximate surface area is 223 Å². The predicted molar refractivity (Wildman–Crippen MR) is 146 cm³/mol. The van der Waals surface area contributed by atoms with E-state index in [-0.39, 0.29) is 30.2 Å². The number of fused-ring (bicyclic) bond motifs is 1. The number of nitrogens with zero attached hydrogens (tertiary/aromatic N) is 4. The van der Waals surface area contributed by atoms with Gasteiger partial charge in [0, 0.05) is 31.2 Å². The van der Waals surface area contributed by atoms with E-state index in [2.05, 4.69) is 15.2 Å². The monoisotopic (exact) mass is 519 g/mol. The highest BCUT2D eigenvalue weighted by molar-refractivity contribution is 5.80. The third kappa shape index (κ3) is 5.99. The first-order valence-electron chi connectivity index (χ1n) is 13.6. The van der Waals surface area contributed by atoms with E-state index in [1.807, 2.05) is 32.0 Å². The number of carbonyl (C=O) groups excluding carboxylic acids is 1. The standard InChI is InChI=1S/C29H37N5O4/c1-19(2)31-26(35)18-34-28(21-8-5-9-23(14-21)37-3)32-27-25(29(34)36)15-24(16-30-27)38-22-10-12-33(13-11-22)17-20-6-4-7-20/h5,8-9,14-16,19-20,22H,4,6-7,10-13,17-18H2,1-3H3,(H,31,35). The first-order valence-corrected chi connectivity index (χ1v) is 13.6. The molecule has 2 aromatic heterocycles. The van der Waals surface area contributed by atoms with Crippen molar-refractivity contribution in [2.24, 2.45) is 5.92 Å². The number of benzene rings is 1. The first kappa shape index (κ1) is 26.2. The minimum absolute atomic E-state index is 0.0475. The van der Waals surface area contributed by atoms with Gasteiger partial charge in [0.15, 0.2) is 5.65 Å². The normalized spacial score (nSPS) is 16.9. The van der Waals surface area contributed by atoms with Crippen LogP contribution in [-0.4, -0.2) is 64.2 Å². The number of piperidine rings is 1. The Morgan fingerprint density at radius 3 is 2.61 bits per heavy atom. The Hall–Kier alpha value is -3.46. The van der Waals surface area contributed by atoms with Gasteiger partial charge in [0.1, 0.15) is 30.0 Å². The number of nitrogens with one attached hydrogen (secondary N) is 1. The quantitative estimate of drug-likeness (QED) is 0.461. The van der Waals surface area contributed by atoms with Crippen LogP contribution in [0.3, 0.4) is 0 Å². The number of methoxy groups -OCH3 is 1. The van der Waals surface area contributed by atoms with Crippen molar-refractivity contribution >= 4 is 16.9 Å². The van der Waals surface area contributed by atoms with Gasteiger partial charge < -0.3 is 19.7 Å². The van der Waals surface area contributed by atoms with Crippen molar-refractivity contribution in [1.29, 1.82) is 0 Å². The molecule has 1 saturated heterocycles. The summed E-state index contributed by atoms with van der Waals surface area (Å²) < 4.78 is 13.0. The summed E-state index contributed by atoms with van der Waals surface area (Å²) in [6, 6.07) is 8.93. The van der Waals surface area contributed by atoms with Crippen molar-refractivity contribution in [2.75, 3.05) is 26.7 Å². The molecule has 5 rings (SSSR count). The summed E-state index contributed by atoms with van der Waals surface area (Å²) in [5.41, 5.74) is 0.646. The summed E-state index contributed by atoms with van der Waals surface area (Å²) in [5, 5.41) is 3.19. The molecule has 1 N–H and O–H groups in total. The molecule has 1 saturated carbocycles. The van der Waals surface area contributed by atoms with Crippen molar-refractivity contribution < 1.29 is 14.3 Å². The van der Waals surface area contributed by atoms with Crippen LogP contribution in [-0.2, 0) is 11.3 Å². The molecule has 1 amide bonds. The highest BCUT2D eigenvalue weighted by Gasteiger charge is 2.26. The number of likely N-dealkylation sites (tertiary alicyclic amines) is 1. The zero-order valence-electron chi connectivity index (χ0n) is 22.5. The minimum atomic E-state index is -0.333. The molecule has 3 aromatic rings. The van der Waals surface area contributed by atoms with Crippen LogP contribution in [0.1, 0.15) is 46.0 Å². The van der Waals surface area contributed by atoms with Crippen molar-refractivity contribution in [2.45, 2.75) is 64.6 Å². The maximum Gasteiger partial charge on any atom is 0.263 e. The fourth-order valence-corrected chi connectivity index (χ4v) is 5.23. The topological polar surface area (TPSA) is 98.6 Å². The molecule has 9 heteroatoms. The second-order valence-corrected chi connectivity index (χ2v) is 10.7. The zero-order chi connectivity index (χ0) is 26.6. The third-order valence-electron chi connectivity index (χ3n) is 7.44. The number of ether oxygens (including phenoxy) is 2. The highest BCUT2D eigenvalue weighted by Crippen LogP contribution is 2.29. The Kier molecular flexibility index (Phi) is 7.93. The fourth-order valence-electron chi connectivity index (χ4n) is 5.23. The second kappa shape index (κ2) is 11.5. The van der Waals surface area contributed by atoms with Crippen molar-refractivity contribution in [3.05, 3.63) is 46.9 Å². The maximum atomic E-state index is 13.7. The van der Waals surface area contributed by atoms with Gasteiger partial charge in [-0.3, -0.25) is 14.2 Å². The lowest BCUT2D eigenvalue weighted by Gasteiger charge is -2.36. The number of amides is 1. The molecule has 0 spiro atoms. The smallest absolute Gasteiger partial charge is 0.263 e. The van der Waals surface area contributed by atoms with Crippen molar-refractivity contribution in [1.82, 2.24) is 24.8 Å². The van der Waals surface area contributed by atoms with Crippen LogP contribution in [0.15, 0.2) is 41.3 Å². The fraction of sp³-hybridized carbons (Fsp3) is 0.517. The van der Waals surface area contributed by atoms with E-state index >= 15 is 0 Å². The van der Waals surface area contributed by atoms with E-state index < -0.39 is 0 Å². The van der Waals surface area contributed by atoms with Gasteiger partial charge in [0.05, 0.1) is 18.7 Å². The van der Waals surface area contributed by atoms with Gasteiger partial charge in [0.25, 0.3) is 5.56 Å². The van der Waals surface area contributed by atoms with Gasteiger partial charge >= 0.3 is 0 Å². The second-order valence-electron chi connectivity index (χ2n) is 10.7. The van der Waals surface area contributed by atoms with E-state index in [1.165, 1.54) is 30.4 Å². The van der Waals surface area contributed by atoms with Crippen LogP contribution in [0.4, 0.5) is 0 Å². The lowest BCUT2D eigenvalue weighted by Crippen LogP contribution is -2.41. The minimum Gasteiger partial charge on any atom is -0.497 e. The van der Waals surface area contributed by atoms with E-state index in [4.69, 9.17) is 14.5 Å². The molecule has 38 heavy (non-hydrogen) atoms. The van der Waals surface area contributed by atoms with E-state index in [0.717, 1.165) is 31.8 Å². The van der Waals surface area contributed by atoms with Gasteiger partial charge in [-0.25, -0.2) is 9.97 Å². The Morgan fingerprint density at radius 1 is 1.13 bits per heavy atom. The molecule has 2 aliphatic rings. The van der Waals surface area contributed by atoms with Crippen molar-refractivity contribution in [3.8, 4) is 22.9 Å². The predicted octanol–water partition coefficient (Wildman–Crippen LogP) is 3.64. The summed E-state index contributed by atoms with van der Waals surface area (Å²) >= 11 is 0. The lowest BCUT2D eigenvalue weighted by atomic mass is 9.85. The van der Waals surface area contributed by atoms with Crippen LogP contribution in [0.2, 0.25) is 0 Å². The van der Waals surface area contributed by atoms with E-state index in [1.54, 1.807) is 25.4 Å². The molecule has 3 heterocycles. The average Bonchev–Trinajstić information content (AvgIpc) is 2.88. The maximum absolute atomic E-state index is 13.7. The van der Waals surface area contributed by atoms with Crippen LogP contribution >= 0.6 is 0 Å². The summed E-state index contributed by atoms with van der Waals surface area (Å²) in [7, 11) is 1.58. The molecule has 0 atom stereocenters. The largest absolute Gasteiger partial charge is 0.497 e. The molecule has 9 nitrogen and oxygen atoms in total. The van der Waals surface area contributed by atoms with Crippen LogP contribution in [0.25, 0.3) is 22.4 Å². The Balaban J connectivity index is 1.41. The van der Waals surface area contributed by atoms with Crippen LogP contribution in [0.5, 0.6) is 11.5 Å². The summed E-state index contributed by atoms with van der Waals surface area (Å²) in [5.74, 6) is 2.16. The van der Waals surface area contributed by atoms with Crippen LogP contribution in [0, 0.1) is 5.92 Å². The molecular formula is C29H37N5O4. The lowest BCUT2D eigenvalue weighted by molar-refractivity contribution is -0.122. The SMILES string of the molecule is COc1cccc(-c2nc3ncc(OC4CCN(CC5CCC5)CC4)cc3c(=O)n2CC(=O)NC(C)C)c1. The number of pyridine rings is 1. The van der Waals surface area contributed by atoms with Gasteiger partial charge in [-0.1, -0.05) is 18.6 Å². The van der Waals surface area contributed by atoms with E-state index in [9.17, 15) is 9.59 Å². The van der Waals surface area contributed by atoms with Gasteiger partial charge in [-0.05, 0) is 63.6 Å². The molecule has 0 radical (unpaired) electrons. The summed E-state index contributed by atoms with van der Waals surface area (Å²) in [6.07, 6.45) is 7.75. The van der Waals surface area contributed by atoms with Crippen molar-refractivity contribution in [3.63, 3.8) is 0 Å². The molecule has 1 aliphatic carbocycles. The summed E-state index contributed by atoms with van der Waals surface area (Å²) in [6.45, 7) is 6.88. The molecule has 202 valence electrons. The van der Waals surface area contributed by atoms with E-state index in [0.29, 0.717) is 33.9 Å². The highest BCUT2D eigenvalue weighted by atomic mass is 16.5. The third-order valence-corrected chi connectivity index (χ3v) is 7.44. The first-order chi connectivity index (χ1) is 18.4. The molecular weight excluding hydrogens is 482 g/mol. The number of rotatable bonds is 9. The molecule has 0 unspecified atom stereocenters. The molecule has 0 bridgehead atoms. The zero-order valence-corrected chi connectivity index (χ0v) is 22.5. The number of hydrogen-bond acceptors (Lipinski definition) is 7. The van der Waals surface area contributed by atoms with Crippen LogP contribution < -0.4 is 20.3 Å². The Morgan fingerprint density at radius 2 is 1.92 bits per heavy atom. The number of hydrogen-bond donors (Lipinski definition) is 1. The summed E-state index contributed by atoms with van der Waals surface area (Å²) in [4.78, 5) is 38.2. The van der Waals surface area contributed by atoms with Gasteiger partial charge in [0.2, 0.25) is 5.91 Å². The number of aromatic nitrogens is 3. The average molecular weight is 520 g/mol. The molecule has 2 fully saturated rings. The van der Waals surface area contributed by atoms with Gasteiger partial charge in [-0.15, -0.1) is 0 Å². The molecule has 1 aromatic carbocycles. The Bertz CT molecular complexity index is 1340.